The quantitative estimate of drug-likeness (QED) is 0.480. The fraction of sp³-hybridized carbons (Fsp3) is 0.217. The highest BCUT2D eigenvalue weighted by atomic mass is 19.4. The third-order valence-electron chi connectivity index (χ3n) is 4.77. The van der Waals surface area contributed by atoms with Gasteiger partial charge in [-0.2, -0.15) is 13.2 Å². The number of halogens is 5. The molecule has 0 spiro atoms. The van der Waals surface area contributed by atoms with Crippen molar-refractivity contribution in [3.8, 4) is 0 Å². The number of anilines is 1. The summed E-state index contributed by atoms with van der Waals surface area (Å²) in [5.74, 6) is -1.15. The van der Waals surface area contributed by atoms with Gasteiger partial charge in [0.25, 0.3) is 0 Å². The fourth-order valence-corrected chi connectivity index (χ4v) is 3.03. The van der Waals surface area contributed by atoms with Crippen molar-refractivity contribution in [2.75, 3.05) is 11.4 Å². The molecule has 0 bridgehead atoms. The van der Waals surface area contributed by atoms with Crippen LogP contribution in [-0.2, 0) is 23.8 Å². The van der Waals surface area contributed by atoms with E-state index < -0.39 is 23.4 Å². The lowest BCUT2D eigenvalue weighted by Gasteiger charge is -2.23. The normalized spacial score (nSPS) is 11.4. The molecule has 3 nitrogen and oxygen atoms in total. The van der Waals surface area contributed by atoms with Crippen molar-refractivity contribution in [1.82, 2.24) is 4.98 Å². The molecule has 162 valence electrons. The van der Waals surface area contributed by atoms with Crippen molar-refractivity contribution >= 4 is 11.6 Å². The van der Waals surface area contributed by atoms with Gasteiger partial charge in [0.15, 0.2) is 0 Å². The van der Waals surface area contributed by atoms with E-state index in [-0.39, 0.29) is 25.3 Å². The van der Waals surface area contributed by atoms with Crippen LogP contribution in [-0.4, -0.2) is 17.4 Å². The Morgan fingerprint density at radius 1 is 1.00 bits per heavy atom. The molecule has 0 atom stereocenters. The van der Waals surface area contributed by atoms with Crippen LogP contribution >= 0.6 is 0 Å². The minimum absolute atomic E-state index is 0.0167. The minimum Gasteiger partial charge on any atom is -0.312 e. The molecule has 1 aromatic heterocycles. The largest absolute Gasteiger partial charge is 0.417 e. The van der Waals surface area contributed by atoms with Gasteiger partial charge in [-0.05, 0) is 60.5 Å². The second-order valence-corrected chi connectivity index (χ2v) is 7.07. The molecular formula is C23H19F5N2O. The number of benzene rings is 2. The number of amides is 1. The van der Waals surface area contributed by atoms with Crippen molar-refractivity contribution in [2.45, 2.75) is 25.9 Å². The van der Waals surface area contributed by atoms with E-state index in [0.717, 1.165) is 12.3 Å². The molecule has 31 heavy (non-hydrogen) atoms. The Hall–Kier alpha value is -3.29. The van der Waals surface area contributed by atoms with Crippen LogP contribution < -0.4 is 4.90 Å². The van der Waals surface area contributed by atoms with Crippen LogP contribution in [0.25, 0.3) is 0 Å². The van der Waals surface area contributed by atoms with E-state index in [1.165, 1.54) is 53.4 Å². The lowest BCUT2D eigenvalue weighted by atomic mass is 10.1. The molecule has 3 rings (SSSR count). The number of hydrogen-bond acceptors (Lipinski definition) is 2. The average Bonchev–Trinajstić information content (AvgIpc) is 2.72. The molecule has 0 saturated heterocycles. The fourth-order valence-electron chi connectivity index (χ4n) is 3.03. The first-order valence-corrected chi connectivity index (χ1v) is 9.46. The molecule has 0 radical (unpaired) electrons. The zero-order valence-corrected chi connectivity index (χ0v) is 16.6. The summed E-state index contributed by atoms with van der Waals surface area (Å²) in [6.07, 6.45) is -3.54. The number of alkyl halides is 3. The second-order valence-electron chi connectivity index (χ2n) is 7.07. The van der Waals surface area contributed by atoms with Crippen LogP contribution in [0, 0.1) is 18.6 Å². The van der Waals surface area contributed by atoms with E-state index in [1.807, 2.05) is 0 Å². The van der Waals surface area contributed by atoms with Gasteiger partial charge >= 0.3 is 6.18 Å². The maximum atomic E-state index is 13.7. The molecule has 3 aromatic rings. The molecule has 0 fully saturated rings. The Labute approximate surface area is 176 Å². The standard InChI is InChI=1S/C23H19F5N2O/c1-15-12-20(8-9-21(15)25)30(22(31)13-16-2-5-18(24)6-3-16)11-10-19-7-4-17(14-29-19)23(26,27)28/h2-9,12,14H,10-11,13H2,1H3. The van der Waals surface area contributed by atoms with Crippen LogP contribution in [0.5, 0.6) is 0 Å². The molecule has 0 aliphatic heterocycles. The van der Waals surface area contributed by atoms with E-state index in [2.05, 4.69) is 4.98 Å². The Kier molecular flexibility index (Phi) is 6.68. The van der Waals surface area contributed by atoms with Gasteiger partial charge in [0.05, 0.1) is 12.0 Å². The van der Waals surface area contributed by atoms with Crippen molar-refractivity contribution in [1.29, 1.82) is 0 Å². The molecule has 0 aliphatic rings. The number of aromatic nitrogens is 1. The number of pyridine rings is 1. The first-order chi connectivity index (χ1) is 14.6. The predicted octanol–water partition coefficient (Wildman–Crippen LogP) is 5.51. The summed E-state index contributed by atoms with van der Waals surface area (Å²) in [4.78, 5) is 18.2. The number of aryl methyl sites for hydroxylation is 1. The van der Waals surface area contributed by atoms with Crippen molar-refractivity contribution in [2.24, 2.45) is 0 Å². The molecule has 0 N–H and O–H groups in total. The highest BCUT2D eigenvalue weighted by Crippen LogP contribution is 2.28. The number of nitrogens with zero attached hydrogens (tertiary/aromatic N) is 2. The molecule has 2 aromatic carbocycles. The van der Waals surface area contributed by atoms with Gasteiger partial charge in [-0.15, -0.1) is 0 Å². The van der Waals surface area contributed by atoms with Gasteiger partial charge in [-0.1, -0.05) is 12.1 Å². The molecular weight excluding hydrogens is 415 g/mol. The second kappa shape index (κ2) is 9.24. The summed E-state index contributed by atoms with van der Waals surface area (Å²) < 4.78 is 65.0. The van der Waals surface area contributed by atoms with Gasteiger partial charge in [-0.25, -0.2) is 8.78 Å². The summed E-state index contributed by atoms with van der Waals surface area (Å²) in [6, 6.07) is 11.9. The summed E-state index contributed by atoms with van der Waals surface area (Å²) in [5, 5.41) is 0. The van der Waals surface area contributed by atoms with Gasteiger partial charge in [0.1, 0.15) is 11.6 Å². The van der Waals surface area contributed by atoms with Crippen molar-refractivity contribution < 1.29 is 26.7 Å². The zero-order valence-electron chi connectivity index (χ0n) is 16.6. The van der Waals surface area contributed by atoms with Gasteiger partial charge < -0.3 is 4.90 Å². The van der Waals surface area contributed by atoms with Crippen LogP contribution in [0.1, 0.15) is 22.4 Å². The van der Waals surface area contributed by atoms with E-state index >= 15 is 0 Å². The Bertz CT molecular complexity index is 1050. The molecule has 0 unspecified atom stereocenters. The number of rotatable bonds is 6. The summed E-state index contributed by atoms with van der Waals surface area (Å²) in [5.41, 5.74) is 0.937. The van der Waals surface area contributed by atoms with Gasteiger partial charge in [0.2, 0.25) is 5.91 Å². The maximum absolute atomic E-state index is 13.7. The lowest BCUT2D eigenvalue weighted by molar-refractivity contribution is -0.137. The first-order valence-electron chi connectivity index (χ1n) is 9.46. The maximum Gasteiger partial charge on any atom is 0.417 e. The zero-order chi connectivity index (χ0) is 22.6. The topological polar surface area (TPSA) is 33.2 Å². The van der Waals surface area contributed by atoms with E-state index in [0.29, 0.717) is 22.5 Å². The summed E-state index contributed by atoms with van der Waals surface area (Å²) in [7, 11) is 0. The predicted molar refractivity (Wildman–Crippen MR) is 107 cm³/mol. The molecule has 8 heteroatoms. The van der Waals surface area contributed by atoms with Crippen LogP contribution in [0.3, 0.4) is 0 Å². The van der Waals surface area contributed by atoms with Gasteiger partial charge in [0, 0.05) is 30.5 Å². The molecule has 0 saturated carbocycles. The smallest absolute Gasteiger partial charge is 0.312 e. The van der Waals surface area contributed by atoms with Crippen LogP contribution in [0.4, 0.5) is 27.6 Å². The molecule has 0 aliphatic carbocycles. The Morgan fingerprint density at radius 2 is 1.71 bits per heavy atom. The number of carbonyl (C=O) groups excluding carboxylic acids is 1. The van der Waals surface area contributed by atoms with E-state index in [4.69, 9.17) is 0 Å². The third-order valence-corrected chi connectivity index (χ3v) is 4.77. The Balaban J connectivity index is 1.80. The van der Waals surface area contributed by atoms with E-state index in [1.54, 1.807) is 6.92 Å². The Morgan fingerprint density at radius 3 is 2.29 bits per heavy atom. The average molecular weight is 434 g/mol. The number of hydrogen-bond donors (Lipinski definition) is 0. The summed E-state index contributed by atoms with van der Waals surface area (Å²) >= 11 is 0. The monoisotopic (exact) mass is 434 g/mol. The number of carbonyl (C=O) groups is 1. The van der Waals surface area contributed by atoms with Crippen LogP contribution in [0.2, 0.25) is 0 Å². The van der Waals surface area contributed by atoms with Crippen molar-refractivity contribution in [3.63, 3.8) is 0 Å². The highest BCUT2D eigenvalue weighted by Gasteiger charge is 2.30. The lowest BCUT2D eigenvalue weighted by Crippen LogP contribution is -2.34. The minimum atomic E-state index is -4.48. The third kappa shape index (κ3) is 5.87. The molecule has 1 heterocycles. The van der Waals surface area contributed by atoms with Crippen LogP contribution in [0.15, 0.2) is 60.8 Å². The SMILES string of the molecule is Cc1cc(N(CCc2ccc(C(F)(F)F)cn2)C(=O)Cc2ccc(F)cc2)ccc1F. The van der Waals surface area contributed by atoms with Gasteiger partial charge in [-0.3, -0.25) is 9.78 Å². The first kappa shape index (κ1) is 22.4. The van der Waals surface area contributed by atoms with E-state index in [9.17, 15) is 26.7 Å². The molecule has 1 amide bonds. The highest BCUT2D eigenvalue weighted by molar-refractivity contribution is 5.94. The van der Waals surface area contributed by atoms with Crippen molar-refractivity contribution in [3.05, 3.63) is 94.8 Å². The summed E-state index contributed by atoms with van der Waals surface area (Å²) in [6.45, 7) is 1.70.